The maximum absolute atomic E-state index is 4.42. The Morgan fingerprint density at radius 2 is 1.84 bits per heavy atom. The summed E-state index contributed by atoms with van der Waals surface area (Å²) in [4.78, 5) is 8.83. The molecule has 0 fully saturated rings. The van der Waals surface area contributed by atoms with Crippen LogP contribution < -0.4 is 0 Å². The summed E-state index contributed by atoms with van der Waals surface area (Å²) in [5.41, 5.74) is 2.96. The number of benzene rings is 1. The number of pyridine rings is 1. The Balaban J connectivity index is 1.84. The van der Waals surface area contributed by atoms with E-state index in [-0.39, 0.29) is 0 Å². The summed E-state index contributed by atoms with van der Waals surface area (Å²) in [5.74, 6) is 1.46. The number of aryl methyl sites for hydroxylation is 2. The molecule has 8 heteroatoms. The molecule has 0 spiro atoms. The van der Waals surface area contributed by atoms with Crippen molar-refractivity contribution in [2.45, 2.75) is 23.3 Å². The van der Waals surface area contributed by atoms with Gasteiger partial charge in [0.2, 0.25) is 5.16 Å². The number of aromatic nitrogens is 6. The molecular formula is C17H14N6S2. The highest BCUT2D eigenvalue weighted by Gasteiger charge is 2.18. The van der Waals surface area contributed by atoms with Gasteiger partial charge in [0.25, 0.3) is 0 Å². The van der Waals surface area contributed by atoms with Gasteiger partial charge in [0.1, 0.15) is 11.5 Å². The van der Waals surface area contributed by atoms with Gasteiger partial charge < -0.3 is 0 Å². The quantitative estimate of drug-likeness (QED) is 0.545. The van der Waals surface area contributed by atoms with Gasteiger partial charge in [-0.25, -0.2) is 4.98 Å². The molecule has 0 amide bonds. The zero-order valence-electron chi connectivity index (χ0n) is 13.6. The second-order valence-electron chi connectivity index (χ2n) is 5.40. The summed E-state index contributed by atoms with van der Waals surface area (Å²) < 4.78 is 7.07. The summed E-state index contributed by atoms with van der Waals surface area (Å²) in [7, 11) is 0. The molecule has 0 atom stereocenters. The van der Waals surface area contributed by atoms with E-state index in [4.69, 9.17) is 0 Å². The lowest BCUT2D eigenvalue weighted by Gasteiger charge is -2.09. The molecule has 0 aliphatic heterocycles. The van der Waals surface area contributed by atoms with Crippen LogP contribution in [0.3, 0.4) is 0 Å². The predicted molar refractivity (Wildman–Crippen MR) is 98.1 cm³/mol. The summed E-state index contributed by atoms with van der Waals surface area (Å²) in [6, 6.07) is 14.0. The second-order valence-corrected chi connectivity index (χ2v) is 7.37. The van der Waals surface area contributed by atoms with Crippen LogP contribution >= 0.6 is 23.3 Å². The van der Waals surface area contributed by atoms with Crippen LogP contribution in [0.15, 0.2) is 58.2 Å². The fourth-order valence-electron chi connectivity index (χ4n) is 2.32. The van der Waals surface area contributed by atoms with E-state index in [1.54, 1.807) is 6.20 Å². The first-order valence-corrected chi connectivity index (χ1v) is 9.22. The Labute approximate surface area is 153 Å². The van der Waals surface area contributed by atoms with Gasteiger partial charge in [0.15, 0.2) is 10.2 Å². The maximum Gasteiger partial charge on any atom is 0.203 e. The van der Waals surface area contributed by atoms with Crippen molar-refractivity contribution in [2.24, 2.45) is 0 Å². The van der Waals surface area contributed by atoms with Crippen molar-refractivity contribution in [3.8, 4) is 17.2 Å². The lowest BCUT2D eigenvalue weighted by molar-refractivity contribution is 0.883. The minimum Gasteiger partial charge on any atom is -0.268 e. The van der Waals surface area contributed by atoms with Crippen LogP contribution in [0.2, 0.25) is 0 Å². The average molecular weight is 366 g/mol. The predicted octanol–water partition coefficient (Wildman–Crippen LogP) is 3.95. The second kappa shape index (κ2) is 6.73. The first kappa shape index (κ1) is 15.9. The molecule has 25 heavy (non-hydrogen) atoms. The van der Waals surface area contributed by atoms with Crippen molar-refractivity contribution in [3.63, 3.8) is 0 Å². The van der Waals surface area contributed by atoms with Crippen LogP contribution in [-0.4, -0.2) is 29.1 Å². The first-order valence-electron chi connectivity index (χ1n) is 7.63. The molecule has 4 rings (SSSR count). The fraction of sp³-hybridized carbons (Fsp3) is 0.118. The Morgan fingerprint density at radius 3 is 2.52 bits per heavy atom. The van der Waals surface area contributed by atoms with Crippen molar-refractivity contribution in [2.75, 3.05) is 0 Å². The third kappa shape index (κ3) is 3.31. The van der Waals surface area contributed by atoms with Crippen LogP contribution in [-0.2, 0) is 0 Å². The van der Waals surface area contributed by atoms with Gasteiger partial charge in [0.05, 0.1) is 0 Å². The molecule has 0 aliphatic rings. The highest BCUT2D eigenvalue weighted by molar-refractivity contribution is 8.00. The van der Waals surface area contributed by atoms with Gasteiger partial charge in [-0.3, -0.25) is 9.55 Å². The van der Waals surface area contributed by atoms with Crippen LogP contribution in [0.5, 0.6) is 0 Å². The lowest BCUT2D eigenvalue weighted by atomic mass is 10.2. The molecule has 1 aromatic carbocycles. The summed E-state index contributed by atoms with van der Waals surface area (Å²) in [6.45, 7) is 3.94. The van der Waals surface area contributed by atoms with Crippen molar-refractivity contribution in [3.05, 3.63) is 60.0 Å². The molecule has 0 unspecified atom stereocenters. The van der Waals surface area contributed by atoms with E-state index >= 15 is 0 Å². The van der Waals surface area contributed by atoms with E-state index in [0.29, 0.717) is 5.82 Å². The smallest absolute Gasteiger partial charge is 0.203 e. The highest BCUT2D eigenvalue weighted by atomic mass is 32.2. The Kier molecular flexibility index (Phi) is 4.29. The minimum atomic E-state index is 0.702. The van der Waals surface area contributed by atoms with Crippen LogP contribution in [0.4, 0.5) is 0 Å². The molecule has 0 N–H and O–H groups in total. The number of hydrogen-bond acceptors (Lipinski definition) is 7. The van der Waals surface area contributed by atoms with Crippen LogP contribution in [0, 0.1) is 13.8 Å². The molecule has 0 aliphatic carbocycles. The number of rotatable bonds is 4. The molecular weight excluding hydrogens is 352 g/mol. The van der Waals surface area contributed by atoms with Crippen LogP contribution in [0.25, 0.3) is 17.2 Å². The van der Waals surface area contributed by atoms with Crippen LogP contribution in [0.1, 0.15) is 11.4 Å². The topological polar surface area (TPSA) is 69.4 Å². The maximum atomic E-state index is 4.42. The van der Waals surface area contributed by atoms with E-state index < -0.39 is 0 Å². The Hall–Kier alpha value is -2.58. The lowest BCUT2D eigenvalue weighted by Crippen LogP contribution is -2.00. The van der Waals surface area contributed by atoms with Crippen molar-refractivity contribution >= 4 is 23.3 Å². The molecule has 0 bridgehead atoms. The fourth-order valence-corrected chi connectivity index (χ4v) is 3.93. The highest BCUT2D eigenvalue weighted by Crippen LogP contribution is 2.32. The molecule has 3 heterocycles. The molecule has 0 saturated heterocycles. The van der Waals surface area contributed by atoms with E-state index in [1.807, 2.05) is 29.7 Å². The zero-order chi connectivity index (χ0) is 17.2. The number of nitrogens with zero attached hydrogens (tertiary/aromatic N) is 6. The van der Waals surface area contributed by atoms with Gasteiger partial charge in [-0.2, -0.15) is 4.37 Å². The third-order valence-electron chi connectivity index (χ3n) is 3.51. The monoisotopic (exact) mass is 366 g/mol. The van der Waals surface area contributed by atoms with E-state index in [2.05, 4.69) is 55.7 Å². The van der Waals surface area contributed by atoms with Gasteiger partial charge in [-0.15, -0.1) is 10.2 Å². The summed E-state index contributed by atoms with van der Waals surface area (Å²) >= 11 is 2.82. The first-order chi connectivity index (χ1) is 12.2. The molecule has 4 aromatic rings. The third-order valence-corrected chi connectivity index (χ3v) is 5.30. The van der Waals surface area contributed by atoms with Crippen molar-refractivity contribution in [1.82, 2.24) is 29.1 Å². The zero-order valence-corrected chi connectivity index (χ0v) is 15.3. The molecule has 0 radical (unpaired) electrons. The van der Waals surface area contributed by atoms with Gasteiger partial charge in [0, 0.05) is 11.9 Å². The van der Waals surface area contributed by atoms with E-state index in [1.165, 1.54) is 28.9 Å². The van der Waals surface area contributed by atoms with Crippen molar-refractivity contribution in [1.29, 1.82) is 0 Å². The summed E-state index contributed by atoms with van der Waals surface area (Å²) in [6.07, 6.45) is 1.75. The Morgan fingerprint density at radius 1 is 1.00 bits per heavy atom. The molecule has 124 valence electrons. The standard InChI is InChI=1S/C17H14N6S2/c1-11-6-8-13(9-7-11)23-15(14-5-3-4-10-18-14)20-21-16(23)24-17-19-12(2)22-25-17/h3-10H,1-2H3. The summed E-state index contributed by atoms with van der Waals surface area (Å²) in [5, 5.41) is 9.48. The average Bonchev–Trinajstić information content (AvgIpc) is 3.23. The van der Waals surface area contributed by atoms with Crippen molar-refractivity contribution < 1.29 is 0 Å². The molecule has 6 nitrogen and oxygen atoms in total. The van der Waals surface area contributed by atoms with Gasteiger partial charge >= 0.3 is 0 Å². The minimum absolute atomic E-state index is 0.702. The molecule has 3 aromatic heterocycles. The normalized spacial score (nSPS) is 11.0. The molecule has 0 saturated carbocycles. The Bertz CT molecular complexity index is 992. The largest absolute Gasteiger partial charge is 0.268 e. The number of hydrogen-bond donors (Lipinski definition) is 0. The van der Waals surface area contributed by atoms with E-state index in [9.17, 15) is 0 Å². The van der Waals surface area contributed by atoms with E-state index in [0.717, 1.165) is 26.7 Å². The van der Waals surface area contributed by atoms with Gasteiger partial charge in [-0.05, 0) is 61.4 Å². The van der Waals surface area contributed by atoms with Gasteiger partial charge in [-0.1, -0.05) is 23.8 Å². The SMILES string of the molecule is Cc1ccc(-n2c(Sc3nc(C)ns3)nnc2-c2ccccn2)cc1.